The van der Waals surface area contributed by atoms with Crippen LogP contribution in [0.2, 0.25) is 0 Å². The molecule has 3 N–H and O–H groups in total. The van der Waals surface area contributed by atoms with Crippen molar-refractivity contribution in [1.29, 1.82) is 0 Å². The van der Waals surface area contributed by atoms with Crippen molar-refractivity contribution in [3.05, 3.63) is 0 Å². The summed E-state index contributed by atoms with van der Waals surface area (Å²) in [5.74, 6) is -2.11. The Hall–Kier alpha value is -1.94. The van der Waals surface area contributed by atoms with Gasteiger partial charge >= 0.3 is 39.5 Å². The Balaban J connectivity index is 5.19. The van der Waals surface area contributed by atoms with E-state index in [1.807, 2.05) is 0 Å². The van der Waals surface area contributed by atoms with Crippen LogP contribution < -0.4 is 0 Å². The summed E-state index contributed by atoms with van der Waals surface area (Å²) in [6.07, 6.45) is 65.3. The summed E-state index contributed by atoms with van der Waals surface area (Å²) in [6.45, 7) is 4.99. The van der Waals surface area contributed by atoms with E-state index >= 15 is 0 Å². The van der Waals surface area contributed by atoms with E-state index < -0.39 is 97.5 Å². The number of aliphatic hydroxyl groups excluding tert-OH is 1. The van der Waals surface area contributed by atoms with Crippen molar-refractivity contribution in [2.45, 2.75) is 444 Å². The number of hydrogen-bond donors (Lipinski definition) is 3. The zero-order valence-electron chi connectivity index (χ0n) is 63.8. The fourth-order valence-corrected chi connectivity index (χ4v) is 13.9. The van der Waals surface area contributed by atoms with Crippen LogP contribution in [0.4, 0.5) is 0 Å². The van der Waals surface area contributed by atoms with Gasteiger partial charge in [-0.2, -0.15) is 0 Å². The van der Waals surface area contributed by atoms with Gasteiger partial charge in [0, 0.05) is 25.7 Å². The number of carbonyl (C=O) groups is 4. The van der Waals surface area contributed by atoms with E-state index in [0.29, 0.717) is 25.7 Å². The molecule has 0 aromatic carbocycles. The van der Waals surface area contributed by atoms with Gasteiger partial charge in [-0.3, -0.25) is 37.3 Å². The molecule has 0 spiro atoms. The Morgan fingerprint density at radius 1 is 0.245 bits per heavy atom. The molecule has 0 rings (SSSR count). The van der Waals surface area contributed by atoms with Gasteiger partial charge < -0.3 is 33.8 Å². The predicted octanol–water partition coefficient (Wildman–Crippen LogP) is 23.8. The normalized spacial score (nSPS) is 13.8. The summed E-state index contributed by atoms with van der Waals surface area (Å²) in [5, 5.41) is 10.6. The monoisotopic (exact) mass is 1440 g/mol. The van der Waals surface area contributed by atoms with Crippen molar-refractivity contribution < 1.29 is 80.2 Å². The Kier molecular flexibility index (Phi) is 71.9. The van der Waals surface area contributed by atoms with Gasteiger partial charge in [-0.1, -0.05) is 374 Å². The summed E-state index contributed by atoms with van der Waals surface area (Å²) >= 11 is 0. The molecule has 17 nitrogen and oxygen atoms in total. The highest BCUT2D eigenvalue weighted by molar-refractivity contribution is 7.47. The summed E-state index contributed by atoms with van der Waals surface area (Å²) in [7, 11) is -9.91. The predicted molar refractivity (Wildman–Crippen MR) is 400 cm³/mol. The Bertz CT molecular complexity index is 1860. The van der Waals surface area contributed by atoms with Crippen LogP contribution in [-0.2, 0) is 65.4 Å². The number of hydrogen-bond acceptors (Lipinski definition) is 15. The first-order valence-corrected chi connectivity index (χ1v) is 44.3. The quantitative estimate of drug-likeness (QED) is 0.0222. The number of phosphoric ester groups is 2. The second-order valence-electron chi connectivity index (χ2n) is 28.5. The number of aliphatic hydroxyl groups is 1. The summed E-state index contributed by atoms with van der Waals surface area (Å²) < 4.78 is 68.6. The zero-order chi connectivity index (χ0) is 71.8. The molecule has 0 aliphatic carbocycles. The van der Waals surface area contributed by atoms with Crippen LogP contribution in [0.25, 0.3) is 0 Å². The Labute approximate surface area is 600 Å². The highest BCUT2D eigenvalue weighted by atomic mass is 31.2. The minimum atomic E-state index is -4.96. The molecular weight excluding hydrogens is 1280 g/mol. The molecule has 0 saturated carbocycles. The van der Waals surface area contributed by atoms with Crippen molar-refractivity contribution >= 4 is 39.5 Å². The van der Waals surface area contributed by atoms with Crippen LogP contribution in [-0.4, -0.2) is 96.7 Å². The number of phosphoric acid groups is 2. The topological polar surface area (TPSA) is 237 Å². The van der Waals surface area contributed by atoms with Crippen molar-refractivity contribution in [2.24, 2.45) is 0 Å². The van der Waals surface area contributed by atoms with E-state index in [9.17, 15) is 43.2 Å². The van der Waals surface area contributed by atoms with Gasteiger partial charge in [-0.05, 0) is 25.7 Å². The fourth-order valence-electron chi connectivity index (χ4n) is 12.3. The summed E-state index contributed by atoms with van der Waals surface area (Å²) in [6, 6.07) is 0. The molecule has 0 bridgehead atoms. The second-order valence-corrected chi connectivity index (χ2v) is 31.4. The first kappa shape index (κ1) is 96.1. The van der Waals surface area contributed by atoms with Crippen molar-refractivity contribution in [3.63, 3.8) is 0 Å². The van der Waals surface area contributed by atoms with Crippen LogP contribution in [0.3, 0.4) is 0 Å². The number of ether oxygens (including phenoxy) is 4. The van der Waals surface area contributed by atoms with E-state index in [-0.39, 0.29) is 25.7 Å². The van der Waals surface area contributed by atoms with Crippen molar-refractivity contribution in [3.8, 4) is 0 Å². The molecule has 2 unspecified atom stereocenters. The lowest BCUT2D eigenvalue weighted by Crippen LogP contribution is -2.30. The Morgan fingerprint density at radius 3 is 0.602 bits per heavy atom. The highest BCUT2D eigenvalue weighted by Gasteiger charge is 2.30. The molecule has 0 amide bonds. The molecule has 582 valence electrons. The van der Waals surface area contributed by atoms with Gasteiger partial charge in [0.05, 0.1) is 26.4 Å². The first-order chi connectivity index (χ1) is 47.7. The van der Waals surface area contributed by atoms with Gasteiger partial charge in [-0.25, -0.2) is 9.13 Å². The maximum absolute atomic E-state index is 13.1. The smallest absolute Gasteiger partial charge is 0.462 e. The molecule has 0 fully saturated rings. The fraction of sp³-hybridized carbons (Fsp3) is 0.949. The summed E-state index contributed by atoms with van der Waals surface area (Å²) in [4.78, 5) is 72.8. The number of unbranched alkanes of at least 4 members (excludes halogenated alkanes) is 54. The van der Waals surface area contributed by atoms with Crippen LogP contribution in [0.15, 0.2) is 0 Å². The maximum Gasteiger partial charge on any atom is 0.472 e. The third-order valence-electron chi connectivity index (χ3n) is 18.6. The molecule has 0 heterocycles. The lowest BCUT2D eigenvalue weighted by molar-refractivity contribution is -0.161. The molecule has 0 aliphatic rings. The molecule has 0 saturated heterocycles. The molecule has 0 aliphatic heterocycles. The lowest BCUT2D eigenvalue weighted by Gasteiger charge is -2.21. The maximum atomic E-state index is 13.1. The number of carbonyl (C=O) groups excluding carboxylic acids is 4. The van der Waals surface area contributed by atoms with E-state index in [1.54, 1.807) is 0 Å². The minimum Gasteiger partial charge on any atom is -0.462 e. The number of esters is 4. The average Bonchev–Trinajstić information content (AvgIpc) is 1.23. The van der Waals surface area contributed by atoms with Crippen LogP contribution >= 0.6 is 15.6 Å². The second kappa shape index (κ2) is 73.4. The molecule has 0 aromatic rings. The zero-order valence-corrected chi connectivity index (χ0v) is 65.6. The average molecular weight is 1440 g/mol. The standard InChI is InChI=1S/C79H154O17P2/c1-5-9-13-17-21-25-28-30-32-34-36-38-40-42-45-48-52-56-60-64-77(82)90-70-75(96-79(84)66-62-58-54-50-46-43-41-39-37-35-33-31-29-26-22-18-14-10-6-2)72-94-98(87,88)92-68-73(80)67-91-97(85,86)93-71-74(69-89-76(81)63-59-55-51-47-24-20-16-12-8-4)95-78(83)65-61-57-53-49-44-27-23-19-15-11-7-3/h73-75,80H,5-72H2,1-4H3,(H,85,86)(H,87,88)/t73-,74+,75+/m0/s1. The SMILES string of the molecule is CCCCCCCCCCCCCCCCCCCCCC(=O)OC[C@H](COP(=O)(O)OC[C@@H](O)COP(=O)(O)OC[C@@H](COC(=O)CCCCCCCCCCC)OC(=O)CCCCCCCCCCCCC)OC(=O)CCCCCCCCCCCCCCCCCCCCC. The third-order valence-corrected chi connectivity index (χ3v) is 20.5. The van der Waals surface area contributed by atoms with Crippen LogP contribution in [0, 0.1) is 0 Å². The first-order valence-electron chi connectivity index (χ1n) is 41.3. The van der Waals surface area contributed by atoms with E-state index in [2.05, 4.69) is 27.7 Å². The number of rotatable bonds is 80. The van der Waals surface area contributed by atoms with Crippen LogP contribution in [0.5, 0.6) is 0 Å². The highest BCUT2D eigenvalue weighted by Crippen LogP contribution is 2.45. The molecule has 19 heteroatoms. The molecular formula is C79H154O17P2. The largest absolute Gasteiger partial charge is 0.472 e. The van der Waals surface area contributed by atoms with Gasteiger partial charge in [0.25, 0.3) is 0 Å². The van der Waals surface area contributed by atoms with E-state index in [0.717, 1.165) is 89.9 Å². The van der Waals surface area contributed by atoms with Gasteiger partial charge in [0.2, 0.25) is 0 Å². The van der Waals surface area contributed by atoms with E-state index in [1.165, 1.54) is 257 Å². The third kappa shape index (κ3) is 72.4. The molecule has 98 heavy (non-hydrogen) atoms. The van der Waals surface area contributed by atoms with Gasteiger partial charge in [0.1, 0.15) is 19.3 Å². The lowest BCUT2D eigenvalue weighted by atomic mass is 10.0. The molecule has 5 atom stereocenters. The minimum absolute atomic E-state index is 0.108. The molecule has 0 aromatic heterocycles. The Morgan fingerprint density at radius 2 is 0.408 bits per heavy atom. The van der Waals surface area contributed by atoms with E-state index in [4.69, 9.17) is 37.0 Å². The van der Waals surface area contributed by atoms with Gasteiger partial charge in [0.15, 0.2) is 12.2 Å². The molecule has 0 radical (unpaired) electrons. The van der Waals surface area contributed by atoms with Crippen molar-refractivity contribution in [1.82, 2.24) is 0 Å². The summed E-state index contributed by atoms with van der Waals surface area (Å²) in [5.41, 5.74) is 0. The van der Waals surface area contributed by atoms with Gasteiger partial charge in [-0.15, -0.1) is 0 Å². The van der Waals surface area contributed by atoms with Crippen molar-refractivity contribution in [2.75, 3.05) is 39.6 Å². The van der Waals surface area contributed by atoms with Crippen LogP contribution in [0.1, 0.15) is 426 Å².